The number of azide groups is 1. The molecule has 0 amide bonds. The number of nitrogens with one attached hydrogen (secondary N) is 2. The Morgan fingerprint density at radius 3 is 1.37 bits per heavy atom. The van der Waals surface area contributed by atoms with E-state index < -0.39 is 18.7 Å². The first-order valence-corrected chi connectivity index (χ1v) is 33.8. The van der Waals surface area contributed by atoms with Gasteiger partial charge in [0.15, 0.2) is 11.6 Å². The summed E-state index contributed by atoms with van der Waals surface area (Å²) in [6, 6.07) is 26.0. The van der Waals surface area contributed by atoms with Crippen LogP contribution in [-0.4, -0.2) is 125 Å². The number of aryl methyl sites for hydroxylation is 8. The van der Waals surface area contributed by atoms with Crippen LogP contribution >= 0.6 is 15.9 Å². The predicted octanol–water partition coefficient (Wildman–Crippen LogP) is 9.16. The second kappa shape index (κ2) is 30.1. The Kier molecular flexibility index (Phi) is 22.9. The first-order valence-electron chi connectivity index (χ1n) is 25.3. The maximum Gasteiger partial charge on any atom is 0.174 e. The van der Waals surface area contributed by atoms with Crippen molar-refractivity contribution in [3.8, 4) is 6.07 Å². The van der Waals surface area contributed by atoms with Crippen molar-refractivity contribution in [1.29, 1.82) is 5.26 Å². The minimum absolute atomic E-state index is 0.547. The zero-order valence-electron chi connectivity index (χ0n) is 43.9. The minimum atomic E-state index is -2.45. The molecule has 0 saturated heterocycles. The van der Waals surface area contributed by atoms with E-state index in [1.807, 2.05) is 75.7 Å². The third-order valence-electron chi connectivity index (χ3n) is 12.5. The summed E-state index contributed by atoms with van der Waals surface area (Å²) in [5.74, 6) is 1.40. The van der Waals surface area contributed by atoms with Crippen molar-refractivity contribution in [3.05, 3.63) is 117 Å². The molecule has 10 aromatic rings. The number of aromatic amines is 2. The SMILES string of the molecule is CCC[CH2][Sn]([CH2]CCC)([CH2]CCC)[N]=[N+]=[N-].Cn1nnc2cc(CBr)ccc21.Cn1nnc2cc(CCC#N)ccc21.Cn1nnc2cc(CCc3nn[nH]n3)ccc21.On1nnc2cc(CCc3nn[nH]n3)ccc21. The van der Waals surface area contributed by atoms with Crippen LogP contribution in [0.2, 0.25) is 13.3 Å². The average Bonchev–Trinajstić information content (AvgIpc) is 4.35. The number of unbranched alkanes of at least 4 members (excludes halogenated alkanes) is 3. The smallest absolute Gasteiger partial charge is 0.174 e. The number of alkyl halides is 1. The molecule has 0 atom stereocenters. The van der Waals surface area contributed by atoms with Crippen LogP contribution in [0.4, 0.5) is 0 Å². The van der Waals surface area contributed by atoms with Gasteiger partial charge in [-0.25, -0.2) is 14.0 Å². The number of fused-ring (bicyclic) bond motifs is 4. The fourth-order valence-corrected chi connectivity index (χ4v) is 20.7. The Morgan fingerprint density at radius 2 is 0.974 bits per heavy atom. The molecule has 0 fully saturated rings. The molecule has 76 heavy (non-hydrogen) atoms. The Bertz CT molecular complexity index is 3250. The molecule has 6 aromatic heterocycles. The van der Waals surface area contributed by atoms with Crippen LogP contribution in [0.3, 0.4) is 0 Å². The van der Waals surface area contributed by atoms with Crippen LogP contribution in [0.1, 0.15) is 99.6 Å². The van der Waals surface area contributed by atoms with Gasteiger partial charge >= 0.3 is 105 Å². The second-order valence-corrected chi connectivity index (χ2v) is 30.5. The summed E-state index contributed by atoms with van der Waals surface area (Å²) in [5.41, 5.74) is 20.6. The number of hydrogen-bond donors (Lipinski definition) is 3. The summed E-state index contributed by atoms with van der Waals surface area (Å²) in [5, 5.41) is 77.4. The maximum atomic E-state index is 9.29. The van der Waals surface area contributed by atoms with Crippen molar-refractivity contribution >= 4 is 78.7 Å². The van der Waals surface area contributed by atoms with E-state index in [0.717, 1.165) is 85.9 Å². The number of hydrogen-bond acceptors (Lipinski definition) is 17. The number of nitriles is 1. The van der Waals surface area contributed by atoms with E-state index in [4.69, 9.17) is 10.8 Å². The van der Waals surface area contributed by atoms with Gasteiger partial charge in [-0.1, -0.05) is 71.1 Å². The fourth-order valence-electron chi connectivity index (χ4n) is 8.19. The Morgan fingerprint density at radius 1 is 0.579 bits per heavy atom. The molecule has 4 aromatic carbocycles. The number of aromatic nitrogens is 20. The van der Waals surface area contributed by atoms with Crippen molar-refractivity contribution < 1.29 is 5.21 Å². The van der Waals surface area contributed by atoms with Gasteiger partial charge in [-0.05, 0) is 95.3 Å². The summed E-state index contributed by atoms with van der Waals surface area (Å²) in [7, 11) is 5.64. The number of H-pyrrole nitrogens is 2. The van der Waals surface area contributed by atoms with E-state index in [0.29, 0.717) is 29.7 Å². The molecular formula is C49H65BrN24OSn. The molecule has 0 aliphatic carbocycles. The van der Waals surface area contributed by atoms with E-state index in [1.165, 1.54) is 63.0 Å². The minimum Gasteiger partial charge on any atom is -0.410 e. The van der Waals surface area contributed by atoms with E-state index in [-0.39, 0.29) is 0 Å². The van der Waals surface area contributed by atoms with Gasteiger partial charge in [0.05, 0.1) is 22.6 Å². The standard InChI is InChI=1S/C10H11N7.C10H10N4.C9H9N7O.C8H8BrN3.3C4H9.N3.Sn/c1-17-9-4-2-7(6-8(9)11-16-17)3-5-10-12-14-15-13-10;1-14-10-5-4-8(3-2-6-11)7-9(10)12-13-14;17-16-8-3-1-6(5-7(8)10-15-16)2-4-9-11-13-14-12-9;1-12-8-3-2-6(5-9)4-7(8)10-11-12;3*1-3-4-2;1-3-2;/h2,4,6H,3,5H2,1H3,(H,12,13,14,15);4-5,7H,2-3H2,1H3;1,3,5,17H,2,4H2,(H,11,12,13,14);2-4H,5H2,1H3;3*1,3-4H2,2H3;;/q;;;;;;;-1;+1. The van der Waals surface area contributed by atoms with E-state index in [9.17, 15) is 5.21 Å². The van der Waals surface area contributed by atoms with E-state index >= 15 is 0 Å². The van der Waals surface area contributed by atoms with Crippen LogP contribution < -0.4 is 0 Å². The van der Waals surface area contributed by atoms with Crippen LogP contribution in [0.5, 0.6) is 0 Å². The Balaban J connectivity index is 0.000000155. The average molecular weight is 1200 g/mol. The number of rotatable bonds is 19. The summed E-state index contributed by atoms with van der Waals surface area (Å²) in [6.45, 7) is 6.69. The summed E-state index contributed by atoms with van der Waals surface area (Å²) >= 11 is 0.944. The number of tetrazole rings is 2. The molecule has 0 aliphatic heterocycles. The molecule has 3 N–H and O–H groups in total. The molecule has 27 heteroatoms. The summed E-state index contributed by atoms with van der Waals surface area (Å²) < 4.78 is 13.5. The third-order valence-corrected chi connectivity index (χ3v) is 25.6. The third kappa shape index (κ3) is 17.0. The largest absolute Gasteiger partial charge is 0.410 e. The van der Waals surface area contributed by atoms with Crippen molar-refractivity contribution in [3.63, 3.8) is 0 Å². The quantitative estimate of drug-likeness (QED) is 0.0170. The molecule has 0 radical (unpaired) electrons. The number of halogens is 1. The Hall–Kier alpha value is -7.50. The van der Waals surface area contributed by atoms with Crippen LogP contribution in [0.25, 0.3) is 54.6 Å². The predicted molar refractivity (Wildman–Crippen MR) is 294 cm³/mol. The van der Waals surface area contributed by atoms with Gasteiger partial charge in [-0.3, -0.25) is 0 Å². The molecule has 0 saturated carbocycles. The van der Waals surface area contributed by atoms with Crippen LogP contribution in [0.15, 0.2) is 76.1 Å². The molecule has 0 bridgehead atoms. The Labute approximate surface area is 452 Å². The van der Waals surface area contributed by atoms with Gasteiger partial charge in [0, 0.05) is 45.7 Å². The van der Waals surface area contributed by atoms with Crippen molar-refractivity contribution in [2.45, 2.75) is 116 Å². The van der Waals surface area contributed by atoms with E-state index in [1.54, 1.807) is 20.1 Å². The van der Waals surface area contributed by atoms with Gasteiger partial charge in [0.1, 0.15) is 27.6 Å². The summed E-state index contributed by atoms with van der Waals surface area (Å²) in [6.07, 6.45) is 12.0. The zero-order chi connectivity index (χ0) is 54.1. The molecule has 398 valence electrons. The topological polar surface area (TPSA) is 325 Å². The molecule has 10 rings (SSSR count). The maximum absolute atomic E-state index is 9.29. The van der Waals surface area contributed by atoms with Gasteiger partial charge < -0.3 is 5.21 Å². The van der Waals surface area contributed by atoms with Gasteiger partial charge in [0.25, 0.3) is 0 Å². The fraction of sp³-hybridized carbons (Fsp3) is 0.449. The van der Waals surface area contributed by atoms with Crippen molar-refractivity contribution in [1.82, 2.24) is 101 Å². The van der Waals surface area contributed by atoms with Gasteiger partial charge in [-0.15, -0.1) is 40.8 Å². The summed E-state index contributed by atoms with van der Waals surface area (Å²) in [4.78, 5) is 3.95. The van der Waals surface area contributed by atoms with Crippen LogP contribution in [-0.2, 0) is 58.6 Å². The van der Waals surface area contributed by atoms with Crippen LogP contribution in [0, 0.1) is 11.3 Å². The first kappa shape index (κ1) is 57.8. The van der Waals surface area contributed by atoms with Gasteiger partial charge in [0.2, 0.25) is 0 Å². The molecule has 6 heterocycles. The van der Waals surface area contributed by atoms with E-state index in [2.05, 4.69) is 146 Å². The second-order valence-electron chi connectivity index (χ2n) is 18.1. The van der Waals surface area contributed by atoms with Crippen molar-refractivity contribution in [2.24, 2.45) is 24.5 Å². The molecule has 0 unspecified atom stereocenters. The number of benzene rings is 4. The first-order chi connectivity index (χ1) is 37.0. The normalized spacial score (nSPS) is 10.9. The molecule has 25 nitrogen and oxygen atoms in total. The monoisotopic (exact) mass is 1200 g/mol. The van der Waals surface area contributed by atoms with Crippen molar-refractivity contribution in [2.75, 3.05) is 0 Å². The number of nitrogens with zero attached hydrogens (tertiary/aromatic N) is 22. The molecular weight excluding hydrogens is 1140 g/mol. The zero-order valence-corrected chi connectivity index (χ0v) is 48.3. The van der Waals surface area contributed by atoms with Gasteiger partial charge in [-0.2, -0.15) is 15.7 Å². The molecule has 0 aliphatic rings. The molecule has 0 spiro atoms.